The van der Waals surface area contributed by atoms with Gasteiger partial charge < -0.3 is 5.32 Å². The topological polar surface area (TPSA) is 29.1 Å². The van der Waals surface area contributed by atoms with Gasteiger partial charge in [0.25, 0.3) is 5.91 Å². The van der Waals surface area contributed by atoms with E-state index in [2.05, 4.69) is 28.2 Å². The minimum atomic E-state index is -0.332. The summed E-state index contributed by atoms with van der Waals surface area (Å²) in [5.41, 5.74) is 0.484. The summed E-state index contributed by atoms with van der Waals surface area (Å²) in [7, 11) is 0. The molecule has 1 amide bonds. The summed E-state index contributed by atoms with van der Waals surface area (Å²) >= 11 is 3.48. The van der Waals surface area contributed by atoms with Crippen LogP contribution in [0.3, 0.4) is 0 Å². The molecule has 4 heteroatoms. The van der Waals surface area contributed by atoms with Crippen molar-refractivity contribution in [3.63, 3.8) is 0 Å². The van der Waals surface area contributed by atoms with Crippen LogP contribution in [-0.2, 0) is 0 Å². The monoisotopic (exact) mass is 287 g/mol. The zero-order valence-corrected chi connectivity index (χ0v) is 10.8. The molecule has 1 aromatic rings. The Morgan fingerprint density at radius 3 is 2.62 bits per heavy atom. The van der Waals surface area contributed by atoms with Gasteiger partial charge in [-0.2, -0.15) is 0 Å². The Balaban J connectivity index is 2.43. The van der Waals surface area contributed by atoms with E-state index in [9.17, 15) is 9.18 Å². The average Bonchev–Trinajstić information content (AvgIpc) is 2.27. The van der Waals surface area contributed by atoms with Crippen LogP contribution >= 0.6 is 15.9 Å². The Bertz CT molecular complexity index is 339. The van der Waals surface area contributed by atoms with Gasteiger partial charge in [-0.05, 0) is 30.7 Å². The molecule has 1 aromatic carbocycles. The van der Waals surface area contributed by atoms with Crippen molar-refractivity contribution in [3.05, 3.63) is 35.6 Å². The van der Waals surface area contributed by atoms with Crippen molar-refractivity contribution >= 4 is 21.8 Å². The van der Waals surface area contributed by atoms with Crippen molar-refractivity contribution in [2.75, 3.05) is 6.54 Å². The molecule has 0 bridgehead atoms. The van der Waals surface area contributed by atoms with Crippen LogP contribution in [0, 0.1) is 5.82 Å². The number of hydrogen-bond donors (Lipinski definition) is 1. The summed E-state index contributed by atoms with van der Waals surface area (Å²) in [6, 6.07) is 5.53. The summed E-state index contributed by atoms with van der Waals surface area (Å²) in [6.45, 7) is 2.68. The molecule has 0 aliphatic rings. The van der Waals surface area contributed by atoms with E-state index in [-0.39, 0.29) is 11.7 Å². The Kier molecular flexibility index (Phi) is 5.46. The van der Waals surface area contributed by atoms with E-state index in [1.807, 2.05) is 0 Å². The van der Waals surface area contributed by atoms with E-state index in [4.69, 9.17) is 0 Å². The van der Waals surface area contributed by atoms with Crippen LogP contribution < -0.4 is 5.32 Å². The molecule has 0 spiro atoms. The predicted molar refractivity (Wildman–Crippen MR) is 66.4 cm³/mol. The molecule has 0 aromatic heterocycles. The van der Waals surface area contributed by atoms with Crippen LogP contribution in [-0.4, -0.2) is 17.3 Å². The first-order chi connectivity index (χ1) is 7.63. The third-order valence-corrected chi connectivity index (χ3v) is 2.97. The van der Waals surface area contributed by atoms with Crippen LogP contribution in [0.2, 0.25) is 0 Å². The number of carbonyl (C=O) groups is 1. The van der Waals surface area contributed by atoms with Crippen LogP contribution in [0.1, 0.15) is 30.1 Å². The van der Waals surface area contributed by atoms with Gasteiger partial charge in [0.05, 0.1) is 0 Å². The van der Waals surface area contributed by atoms with Crippen LogP contribution in [0.4, 0.5) is 4.39 Å². The third kappa shape index (κ3) is 4.31. The fraction of sp³-hybridized carbons (Fsp3) is 0.417. The standard InChI is InChI=1S/C12H15BrFNO/c1-2-3-10(13)8-15-12(16)9-4-6-11(14)7-5-9/h4-7,10H,2-3,8H2,1H3,(H,15,16). The zero-order valence-electron chi connectivity index (χ0n) is 9.17. The second-order valence-corrected chi connectivity index (χ2v) is 4.90. The van der Waals surface area contributed by atoms with Gasteiger partial charge in [-0.3, -0.25) is 4.79 Å². The van der Waals surface area contributed by atoms with Gasteiger partial charge in [-0.15, -0.1) is 0 Å². The highest BCUT2D eigenvalue weighted by Crippen LogP contribution is 2.07. The largest absolute Gasteiger partial charge is 0.351 e. The molecule has 1 rings (SSSR count). The minimum absolute atomic E-state index is 0.166. The maximum Gasteiger partial charge on any atom is 0.251 e. The molecule has 0 radical (unpaired) electrons. The lowest BCUT2D eigenvalue weighted by molar-refractivity contribution is 0.0953. The molecule has 2 nitrogen and oxygen atoms in total. The number of carbonyl (C=O) groups excluding carboxylic acids is 1. The fourth-order valence-electron chi connectivity index (χ4n) is 1.32. The second-order valence-electron chi connectivity index (χ2n) is 3.60. The van der Waals surface area contributed by atoms with Crippen molar-refractivity contribution in [3.8, 4) is 0 Å². The molecular weight excluding hydrogens is 273 g/mol. The molecule has 1 atom stereocenters. The highest BCUT2D eigenvalue weighted by molar-refractivity contribution is 9.09. The van der Waals surface area contributed by atoms with Gasteiger partial charge in [0.1, 0.15) is 5.82 Å². The normalized spacial score (nSPS) is 12.2. The van der Waals surface area contributed by atoms with E-state index in [0.717, 1.165) is 12.8 Å². The maximum absolute atomic E-state index is 12.6. The number of hydrogen-bond acceptors (Lipinski definition) is 1. The van der Waals surface area contributed by atoms with E-state index in [0.29, 0.717) is 16.9 Å². The molecule has 1 N–H and O–H groups in total. The van der Waals surface area contributed by atoms with Gasteiger partial charge in [0, 0.05) is 16.9 Å². The molecular formula is C12H15BrFNO. The number of halogens is 2. The Morgan fingerprint density at radius 2 is 2.06 bits per heavy atom. The lowest BCUT2D eigenvalue weighted by Gasteiger charge is -2.09. The SMILES string of the molecule is CCCC(Br)CNC(=O)c1ccc(F)cc1. The van der Waals surface area contributed by atoms with Gasteiger partial charge in [-0.25, -0.2) is 4.39 Å². The van der Waals surface area contributed by atoms with Crippen molar-refractivity contribution < 1.29 is 9.18 Å². The number of nitrogens with one attached hydrogen (secondary N) is 1. The number of amides is 1. The smallest absolute Gasteiger partial charge is 0.251 e. The summed E-state index contributed by atoms with van der Waals surface area (Å²) < 4.78 is 12.6. The van der Waals surface area contributed by atoms with Gasteiger partial charge in [-0.1, -0.05) is 29.3 Å². The fourth-order valence-corrected chi connectivity index (χ4v) is 1.94. The molecule has 88 valence electrons. The molecule has 1 unspecified atom stereocenters. The van der Waals surface area contributed by atoms with E-state index in [1.54, 1.807) is 0 Å². The molecule has 0 fully saturated rings. The summed E-state index contributed by atoms with van der Waals surface area (Å²) in [4.78, 5) is 11.9. The number of benzene rings is 1. The third-order valence-electron chi connectivity index (χ3n) is 2.19. The van der Waals surface area contributed by atoms with Gasteiger partial charge in [0.15, 0.2) is 0 Å². The highest BCUT2D eigenvalue weighted by Gasteiger charge is 2.08. The first-order valence-corrected chi connectivity index (χ1v) is 6.23. The summed E-state index contributed by atoms with van der Waals surface area (Å²) in [5.74, 6) is -0.499. The predicted octanol–water partition coefficient (Wildman–Crippen LogP) is 3.12. The van der Waals surface area contributed by atoms with Gasteiger partial charge >= 0.3 is 0 Å². The van der Waals surface area contributed by atoms with Crippen LogP contribution in [0.5, 0.6) is 0 Å². The van der Waals surface area contributed by atoms with Crippen molar-refractivity contribution in [2.45, 2.75) is 24.6 Å². The molecule has 0 aliphatic heterocycles. The second kappa shape index (κ2) is 6.63. The Hall–Kier alpha value is -0.900. The van der Waals surface area contributed by atoms with E-state index < -0.39 is 0 Å². The molecule has 0 saturated carbocycles. The maximum atomic E-state index is 12.6. The quantitative estimate of drug-likeness (QED) is 0.829. The van der Waals surface area contributed by atoms with Crippen LogP contribution in [0.25, 0.3) is 0 Å². The van der Waals surface area contributed by atoms with Crippen molar-refractivity contribution in [2.24, 2.45) is 0 Å². The first-order valence-electron chi connectivity index (χ1n) is 5.31. The Morgan fingerprint density at radius 1 is 1.44 bits per heavy atom. The average molecular weight is 288 g/mol. The number of rotatable bonds is 5. The molecule has 16 heavy (non-hydrogen) atoms. The lowest BCUT2D eigenvalue weighted by atomic mass is 10.2. The highest BCUT2D eigenvalue weighted by atomic mass is 79.9. The molecule has 0 saturated heterocycles. The zero-order chi connectivity index (χ0) is 12.0. The van der Waals surface area contributed by atoms with Crippen molar-refractivity contribution in [1.29, 1.82) is 0 Å². The van der Waals surface area contributed by atoms with Crippen LogP contribution in [0.15, 0.2) is 24.3 Å². The van der Waals surface area contributed by atoms with E-state index >= 15 is 0 Å². The summed E-state index contributed by atoms with van der Waals surface area (Å²) in [5, 5.41) is 2.79. The minimum Gasteiger partial charge on any atom is -0.351 e. The summed E-state index contributed by atoms with van der Waals surface area (Å²) in [6.07, 6.45) is 2.09. The van der Waals surface area contributed by atoms with Crippen molar-refractivity contribution in [1.82, 2.24) is 5.32 Å². The molecule has 0 heterocycles. The lowest BCUT2D eigenvalue weighted by Crippen LogP contribution is -2.29. The number of alkyl halides is 1. The molecule has 0 aliphatic carbocycles. The van der Waals surface area contributed by atoms with E-state index in [1.165, 1.54) is 24.3 Å². The first kappa shape index (κ1) is 13.2. The van der Waals surface area contributed by atoms with Gasteiger partial charge in [0.2, 0.25) is 0 Å². The Labute approximate surface area is 103 Å².